The maximum atomic E-state index is 15.0. The van der Waals surface area contributed by atoms with E-state index < -0.39 is 44.3 Å². The Morgan fingerprint density at radius 2 is 1.85 bits per heavy atom. The van der Waals surface area contributed by atoms with Crippen LogP contribution in [0.4, 0.5) is 20.3 Å². The van der Waals surface area contributed by atoms with Crippen LogP contribution in [0.2, 0.25) is 0 Å². The van der Waals surface area contributed by atoms with Gasteiger partial charge in [-0.05, 0) is 36.1 Å². The Kier molecular flexibility index (Phi) is 5.84. The van der Waals surface area contributed by atoms with Crippen molar-refractivity contribution in [1.82, 2.24) is 15.0 Å². The zero-order valence-corrected chi connectivity index (χ0v) is 22.6. The van der Waals surface area contributed by atoms with Crippen LogP contribution in [-0.4, -0.2) is 35.0 Å². The van der Waals surface area contributed by atoms with Crippen LogP contribution in [0.15, 0.2) is 53.7 Å². The number of nitrogens with two attached hydrogens (primary N) is 1. The number of aromatic nitrogens is 3. The minimum atomic E-state index is -4.10. The molecule has 2 aromatic carbocycles. The number of carbonyl (C=O) groups is 1. The van der Waals surface area contributed by atoms with Crippen LogP contribution in [-0.2, 0) is 40.3 Å². The van der Waals surface area contributed by atoms with Gasteiger partial charge in [0, 0.05) is 41.2 Å². The average Bonchev–Trinajstić information content (AvgIpc) is 3.69. The third-order valence-electron chi connectivity index (χ3n) is 7.92. The highest BCUT2D eigenvalue weighted by atomic mass is 32.2. The van der Waals surface area contributed by atoms with E-state index in [0.29, 0.717) is 35.9 Å². The quantitative estimate of drug-likeness (QED) is 0.364. The fourth-order valence-electron chi connectivity index (χ4n) is 5.58. The van der Waals surface area contributed by atoms with E-state index >= 15 is 0 Å². The SMILES string of the molecule is Nc1nc2cc(CN(C(=O)c3cnc(C4CC4)nc3)c3cccc4c3S(=O)(=O)CCC4(F)F)ccc2c2c1COC2. The number of halogens is 2. The van der Waals surface area contributed by atoms with Crippen LogP contribution in [0.1, 0.15) is 63.6 Å². The first-order valence-electron chi connectivity index (χ1n) is 13.3. The molecule has 41 heavy (non-hydrogen) atoms. The van der Waals surface area contributed by atoms with Crippen molar-refractivity contribution < 1.29 is 26.7 Å². The van der Waals surface area contributed by atoms with E-state index in [1.807, 2.05) is 6.07 Å². The van der Waals surface area contributed by atoms with Gasteiger partial charge in [0.2, 0.25) is 0 Å². The summed E-state index contributed by atoms with van der Waals surface area (Å²) in [6.07, 6.45) is 3.96. The molecule has 0 bridgehead atoms. The van der Waals surface area contributed by atoms with Gasteiger partial charge in [-0.3, -0.25) is 4.79 Å². The number of fused-ring (bicyclic) bond motifs is 4. The minimum absolute atomic E-state index is 0.116. The standard InChI is InChI=1S/C29H25F2N5O4S/c30-29(31)8-9-41(38,39)25-22(29)2-1-3-24(25)36(28(37)18-11-33-27(34-12-18)17-5-6-17)13-16-4-7-19-20-14-40-15-21(20)26(32)35-23(19)10-16/h1-4,7,10-12,17H,5-6,8-9,13-15H2,(H2,32,35). The molecule has 7 rings (SSSR count). The third kappa shape index (κ3) is 4.41. The summed E-state index contributed by atoms with van der Waals surface area (Å²) in [6, 6.07) is 9.25. The topological polar surface area (TPSA) is 128 Å². The van der Waals surface area contributed by atoms with Gasteiger partial charge in [-0.1, -0.05) is 24.3 Å². The number of nitrogen functional groups attached to an aromatic ring is 1. The summed E-state index contributed by atoms with van der Waals surface area (Å²) in [5.74, 6) is -3.42. The van der Waals surface area contributed by atoms with Gasteiger partial charge in [0.15, 0.2) is 9.84 Å². The van der Waals surface area contributed by atoms with Crippen LogP contribution in [0.25, 0.3) is 10.9 Å². The zero-order valence-electron chi connectivity index (χ0n) is 21.8. The fraction of sp³-hybridized carbons (Fsp3) is 0.310. The van der Waals surface area contributed by atoms with Crippen molar-refractivity contribution in [2.45, 2.75) is 55.8 Å². The molecule has 3 aliphatic rings. The molecule has 1 amide bonds. The molecule has 2 N–H and O–H groups in total. The number of benzene rings is 2. The fourth-order valence-corrected chi connectivity index (χ4v) is 7.35. The van der Waals surface area contributed by atoms with Crippen molar-refractivity contribution >= 4 is 38.2 Å². The Balaban J connectivity index is 1.36. The summed E-state index contributed by atoms with van der Waals surface area (Å²) in [4.78, 5) is 27.8. The van der Waals surface area contributed by atoms with Gasteiger partial charge in [-0.15, -0.1) is 0 Å². The number of nitrogens with zero attached hydrogens (tertiary/aromatic N) is 4. The number of hydrogen-bond acceptors (Lipinski definition) is 8. The lowest BCUT2D eigenvalue weighted by Gasteiger charge is -2.31. The lowest BCUT2D eigenvalue weighted by Crippen LogP contribution is -2.35. The lowest BCUT2D eigenvalue weighted by molar-refractivity contribution is -0.0126. The van der Waals surface area contributed by atoms with Crippen molar-refractivity contribution in [3.63, 3.8) is 0 Å². The molecule has 4 heterocycles. The van der Waals surface area contributed by atoms with E-state index in [2.05, 4.69) is 15.0 Å². The molecule has 0 radical (unpaired) electrons. The Morgan fingerprint density at radius 3 is 2.61 bits per heavy atom. The predicted octanol–water partition coefficient (Wildman–Crippen LogP) is 4.63. The Bertz CT molecular complexity index is 1840. The number of ether oxygens (including phenoxy) is 1. The summed E-state index contributed by atoms with van der Waals surface area (Å²) < 4.78 is 61.9. The highest BCUT2D eigenvalue weighted by Crippen LogP contribution is 2.45. The molecule has 2 aromatic heterocycles. The Hall–Kier alpha value is -4.03. The van der Waals surface area contributed by atoms with E-state index in [-0.39, 0.29) is 23.7 Å². The number of hydrogen-bond donors (Lipinski definition) is 1. The molecule has 1 fully saturated rings. The number of pyridine rings is 1. The van der Waals surface area contributed by atoms with E-state index in [4.69, 9.17) is 10.5 Å². The highest BCUT2D eigenvalue weighted by molar-refractivity contribution is 7.91. The molecular formula is C29H25F2N5O4S. The smallest absolute Gasteiger partial charge is 0.275 e. The molecule has 0 atom stereocenters. The molecule has 0 unspecified atom stereocenters. The first kappa shape index (κ1) is 25.9. The Labute approximate surface area is 234 Å². The second-order valence-corrected chi connectivity index (χ2v) is 12.8. The van der Waals surface area contributed by atoms with Gasteiger partial charge < -0.3 is 15.4 Å². The summed E-state index contributed by atoms with van der Waals surface area (Å²) in [6.45, 7) is 0.668. The average molecular weight is 578 g/mol. The lowest BCUT2D eigenvalue weighted by atomic mass is 10.0. The monoisotopic (exact) mass is 577 g/mol. The summed E-state index contributed by atoms with van der Waals surface area (Å²) in [5, 5.41) is 0.858. The summed E-state index contributed by atoms with van der Waals surface area (Å²) in [5.41, 5.74) is 8.54. The van der Waals surface area contributed by atoms with Crippen molar-refractivity contribution in [3.05, 3.63) is 82.4 Å². The van der Waals surface area contributed by atoms with Gasteiger partial charge in [0.1, 0.15) is 11.6 Å². The first-order valence-corrected chi connectivity index (χ1v) is 14.9. The van der Waals surface area contributed by atoms with Crippen molar-refractivity contribution in [1.29, 1.82) is 0 Å². The van der Waals surface area contributed by atoms with Gasteiger partial charge in [0.25, 0.3) is 11.8 Å². The second-order valence-electron chi connectivity index (χ2n) is 10.7. The number of anilines is 2. The number of rotatable bonds is 5. The first-order chi connectivity index (χ1) is 19.6. The minimum Gasteiger partial charge on any atom is -0.383 e. The van der Waals surface area contributed by atoms with E-state index in [1.54, 1.807) is 12.1 Å². The van der Waals surface area contributed by atoms with Crippen molar-refractivity contribution in [2.24, 2.45) is 0 Å². The highest BCUT2D eigenvalue weighted by Gasteiger charge is 2.45. The molecule has 1 aliphatic carbocycles. The number of alkyl halides is 2. The summed E-state index contributed by atoms with van der Waals surface area (Å²) in [7, 11) is -4.10. The number of sulfone groups is 1. The molecule has 0 saturated heterocycles. The maximum absolute atomic E-state index is 15.0. The molecule has 12 heteroatoms. The molecule has 0 spiro atoms. The van der Waals surface area contributed by atoms with Crippen LogP contribution in [0, 0.1) is 0 Å². The molecule has 210 valence electrons. The third-order valence-corrected chi connectivity index (χ3v) is 9.71. The van der Waals surface area contributed by atoms with E-state index in [9.17, 15) is 22.0 Å². The van der Waals surface area contributed by atoms with Gasteiger partial charge in [-0.2, -0.15) is 0 Å². The van der Waals surface area contributed by atoms with Crippen molar-refractivity contribution in [3.8, 4) is 0 Å². The second kappa shape index (κ2) is 9.25. The van der Waals surface area contributed by atoms with Crippen LogP contribution >= 0.6 is 0 Å². The maximum Gasteiger partial charge on any atom is 0.275 e. The van der Waals surface area contributed by atoms with Crippen LogP contribution in [0.3, 0.4) is 0 Å². The van der Waals surface area contributed by atoms with Crippen LogP contribution in [0.5, 0.6) is 0 Å². The van der Waals surface area contributed by atoms with Gasteiger partial charge in [0.05, 0.1) is 47.2 Å². The normalized spacial score (nSPS) is 18.6. The number of amides is 1. The summed E-state index contributed by atoms with van der Waals surface area (Å²) >= 11 is 0. The largest absolute Gasteiger partial charge is 0.383 e. The van der Waals surface area contributed by atoms with E-state index in [1.165, 1.54) is 29.4 Å². The molecule has 1 saturated carbocycles. The zero-order chi connectivity index (χ0) is 28.5. The van der Waals surface area contributed by atoms with Gasteiger partial charge >= 0.3 is 0 Å². The van der Waals surface area contributed by atoms with E-state index in [0.717, 1.165) is 35.4 Å². The molecule has 2 aliphatic heterocycles. The Morgan fingerprint density at radius 1 is 1.10 bits per heavy atom. The molecule has 4 aromatic rings. The van der Waals surface area contributed by atoms with Crippen LogP contribution < -0.4 is 10.6 Å². The predicted molar refractivity (Wildman–Crippen MR) is 146 cm³/mol. The van der Waals surface area contributed by atoms with Crippen molar-refractivity contribution in [2.75, 3.05) is 16.4 Å². The number of carbonyl (C=O) groups excluding carboxylic acids is 1. The molecule has 9 nitrogen and oxygen atoms in total. The van der Waals surface area contributed by atoms with Gasteiger partial charge in [-0.25, -0.2) is 32.2 Å². The molecular weight excluding hydrogens is 552 g/mol.